The molecule has 0 fully saturated rings. The molecule has 0 rings (SSSR count). The zero-order chi connectivity index (χ0) is 6.41. The molecule has 0 bridgehead atoms. The average molecular weight is 112 g/mol. The van der Waals surface area contributed by atoms with Crippen molar-refractivity contribution in [3.05, 3.63) is 24.9 Å². The smallest absolute Gasteiger partial charge is 0.0306 e. The summed E-state index contributed by atoms with van der Waals surface area (Å²) in [6.45, 7) is 6.30. The van der Waals surface area contributed by atoms with Crippen LogP contribution in [0.1, 0.15) is 6.92 Å². The Bertz CT molecular complexity index is 86.5. The molecule has 8 heavy (non-hydrogen) atoms. The topological polar surface area (TPSA) is 29.3 Å². The molecule has 0 aliphatic heterocycles. The molecule has 0 saturated carbocycles. The molecular formula is C6H12N2. The number of hydrogen-bond donors (Lipinski definition) is 1. The van der Waals surface area contributed by atoms with Gasteiger partial charge in [0.05, 0.1) is 0 Å². The number of nitrogens with zero attached hydrogens (tertiary/aromatic N) is 1. The van der Waals surface area contributed by atoms with Crippen LogP contribution in [0, 0.1) is 0 Å². The van der Waals surface area contributed by atoms with E-state index in [1.807, 2.05) is 6.92 Å². The summed E-state index contributed by atoms with van der Waals surface area (Å²) >= 11 is 0. The van der Waals surface area contributed by atoms with Crippen molar-refractivity contribution >= 4 is 0 Å². The molecule has 0 aromatic carbocycles. The summed E-state index contributed by atoms with van der Waals surface area (Å²) in [5.74, 6) is 5.36. The maximum absolute atomic E-state index is 5.36. The molecule has 2 N–H and O–H groups in total. The van der Waals surface area contributed by atoms with E-state index < -0.39 is 0 Å². The Hall–Kier alpha value is -0.760. The van der Waals surface area contributed by atoms with E-state index in [2.05, 4.69) is 6.58 Å². The fourth-order valence-electron chi connectivity index (χ4n) is 0.277. The van der Waals surface area contributed by atoms with Crippen LogP contribution in [0.3, 0.4) is 0 Å². The predicted octanol–water partition coefficient (Wildman–Crippen LogP) is 0.882. The highest BCUT2D eigenvalue weighted by molar-refractivity contribution is 4.95. The molecule has 0 aliphatic carbocycles. The Morgan fingerprint density at radius 1 is 1.75 bits per heavy atom. The van der Waals surface area contributed by atoms with Crippen molar-refractivity contribution in [1.82, 2.24) is 5.01 Å². The molecule has 2 nitrogen and oxygen atoms in total. The van der Waals surface area contributed by atoms with Crippen molar-refractivity contribution in [1.29, 1.82) is 0 Å². The van der Waals surface area contributed by atoms with Gasteiger partial charge in [-0.25, -0.2) is 5.84 Å². The van der Waals surface area contributed by atoms with E-state index >= 15 is 0 Å². The van der Waals surface area contributed by atoms with Crippen LogP contribution >= 0.6 is 0 Å². The highest BCUT2D eigenvalue weighted by Crippen LogP contribution is 1.77. The van der Waals surface area contributed by atoms with E-state index in [1.165, 1.54) is 0 Å². The van der Waals surface area contributed by atoms with E-state index in [9.17, 15) is 0 Å². The molecule has 0 radical (unpaired) electrons. The van der Waals surface area contributed by atoms with Crippen LogP contribution in [0.4, 0.5) is 0 Å². The standard InChI is InChI=1S/C6H12N2/c1-3-5-6-8(7)4-2/h3,5-6H,1,4,7H2,2H3. The first-order valence-corrected chi connectivity index (χ1v) is 2.61. The number of rotatable bonds is 3. The van der Waals surface area contributed by atoms with Gasteiger partial charge in [0.2, 0.25) is 0 Å². The molecule has 0 unspecified atom stereocenters. The lowest BCUT2D eigenvalue weighted by molar-refractivity contribution is 0.417. The van der Waals surface area contributed by atoms with Crippen molar-refractivity contribution < 1.29 is 0 Å². The summed E-state index contributed by atoms with van der Waals surface area (Å²) < 4.78 is 0. The fraction of sp³-hybridized carbons (Fsp3) is 0.333. The largest absolute Gasteiger partial charge is 0.319 e. The summed E-state index contributed by atoms with van der Waals surface area (Å²) in [4.78, 5) is 0. The molecule has 46 valence electrons. The van der Waals surface area contributed by atoms with Gasteiger partial charge in [0.25, 0.3) is 0 Å². The molecule has 0 aliphatic rings. The fourth-order valence-corrected chi connectivity index (χ4v) is 0.277. The Morgan fingerprint density at radius 2 is 2.38 bits per heavy atom. The third-order valence-corrected chi connectivity index (χ3v) is 0.779. The van der Waals surface area contributed by atoms with Crippen LogP contribution in [0.25, 0.3) is 0 Å². The second kappa shape index (κ2) is 4.40. The number of hydrazine groups is 1. The monoisotopic (exact) mass is 112 g/mol. The minimum absolute atomic E-state index is 0.824. The van der Waals surface area contributed by atoms with Crippen molar-refractivity contribution in [2.45, 2.75) is 6.92 Å². The van der Waals surface area contributed by atoms with Crippen molar-refractivity contribution in [3.8, 4) is 0 Å². The molecular weight excluding hydrogens is 100 g/mol. The summed E-state index contributed by atoms with van der Waals surface area (Å²) in [7, 11) is 0. The summed E-state index contributed by atoms with van der Waals surface area (Å²) in [6, 6.07) is 0. The van der Waals surface area contributed by atoms with Gasteiger partial charge in [0.15, 0.2) is 0 Å². The second-order valence-corrected chi connectivity index (χ2v) is 1.41. The van der Waals surface area contributed by atoms with E-state index in [0.29, 0.717) is 0 Å². The lowest BCUT2D eigenvalue weighted by Gasteiger charge is -2.07. The van der Waals surface area contributed by atoms with E-state index in [4.69, 9.17) is 5.84 Å². The van der Waals surface area contributed by atoms with Gasteiger partial charge < -0.3 is 5.01 Å². The number of hydrogen-bond acceptors (Lipinski definition) is 2. The SMILES string of the molecule is C=CC=CN(N)CC. The number of nitrogens with two attached hydrogens (primary N) is 1. The molecule has 0 aromatic heterocycles. The maximum Gasteiger partial charge on any atom is 0.0306 e. The summed E-state index contributed by atoms with van der Waals surface area (Å²) in [5, 5.41) is 1.58. The molecule has 0 saturated heterocycles. The predicted molar refractivity (Wildman–Crippen MR) is 35.9 cm³/mol. The summed E-state index contributed by atoms with van der Waals surface area (Å²) in [5.41, 5.74) is 0. The normalized spacial score (nSPS) is 9.75. The first-order valence-electron chi connectivity index (χ1n) is 2.61. The third-order valence-electron chi connectivity index (χ3n) is 0.779. The molecule has 0 amide bonds. The van der Waals surface area contributed by atoms with Gasteiger partial charge in [-0.15, -0.1) is 0 Å². The van der Waals surface area contributed by atoms with E-state index in [-0.39, 0.29) is 0 Å². The highest BCUT2D eigenvalue weighted by atomic mass is 15.4. The molecule has 0 spiro atoms. The lowest BCUT2D eigenvalue weighted by Crippen LogP contribution is -2.23. The van der Waals surface area contributed by atoms with Gasteiger partial charge in [-0.3, -0.25) is 0 Å². The zero-order valence-electron chi connectivity index (χ0n) is 5.17. The molecule has 0 aromatic rings. The lowest BCUT2D eigenvalue weighted by atomic mass is 10.6. The van der Waals surface area contributed by atoms with Gasteiger partial charge >= 0.3 is 0 Å². The highest BCUT2D eigenvalue weighted by Gasteiger charge is 1.77. The number of allylic oxidation sites excluding steroid dienone is 2. The van der Waals surface area contributed by atoms with Crippen LogP contribution in [-0.2, 0) is 0 Å². The van der Waals surface area contributed by atoms with Crippen molar-refractivity contribution in [2.75, 3.05) is 6.54 Å². The Labute approximate surface area is 50.3 Å². The molecule has 0 heterocycles. The van der Waals surface area contributed by atoms with E-state index in [0.717, 1.165) is 6.54 Å². The first kappa shape index (κ1) is 7.24. The van der Waals surface area contributed by atoms with Gasteiger partial charge in [-0.05, 0) is 13.0 Å². The van der Waals surface area contributed by atoms with Crippen LogP contribution in [0.15, 0.2) is 24.9 Å². The molecule has 2 heteroatoms. The Kier molecular flexibility index (Phi) is 3.98. The van der Waals surface area contributed by atoms with Crippen LogP contribution in [0.5, 0.6) is 0 Å². The average Bonchev–Trinajstić information content (AvgIpc) is 1.83. The molecule has 0 atom stereocenters. The second-order valence-electron chi connectivity index (χ2n) is 1.41. The van der Waals surface area contributed by atoms with Gasteiger partial charge in [-0.2, -0.15) is 0 Å². The minimum Gasteiger partial charge on any atom is -0.319 e. The zero-order valence-corrected chi connectivity index (χ0v) is 5.17. The van der Waals surface area contributed by atoms with Crippen LogP contribution < -0.4 is 5.84 Å². The maximum atomic E-state index is 5.36. The van der Waals surface area contributed by atoms with Crippen LogP contribution in [-0.4, -0.2) is 11.6 Å². The van der Waals surface area contributed by atoms with E-state index in [1.54, 1.807) is 23.4 Å². The van der Waals surface area contributed by atoms with Crippen molar-refractivity contribution in [3.63, 3.8) is 0 Å². The van der Waals surface area contributed by atoms with Gasteiger partial charge in [0, 0.05) is 12.7 Å². The minimum atomic E-state index is 0.824. The quantitative estimate of drug-likeness (QED) is 0.333. The van der Waals surface area contributed by atoms with Crippen LogP contribution in [0.2, 0.25) is 0 Å². The Morgan fingerprint density at radius 3 is 2.75 bits per heavy atom. The van der Waals surface area contributed by atoms with Crippen molar-refractivity contribution in [2.24, 2.45) is 5.84 Å². The Balaban J connectivity index is 3.35. The van der Waals surface area contributed by atoms with Gasteiger partial charge in [-0.1, -0.05) is 12.7 Å². The summed E-state index contributed by atoms with van der Waals surface area (Å²) in [6.07, 6.45) is 5.26. The van der Waals surface area contributed by atoms with Gasteiger partial charge in [0.1, 0.15) is 0 Å². The first-order chi connectivity index (χ1) is 3.81. The third kappa shape index (κ3) is 3.43.